The summed E-state index contributed by atoms with van der Waals surface area (Å²) in [6, 6.07) is 10.9. The second kappa shape index (κ2) is 7.68. The molecule has 128 valence electrons. The average Bonchev–Trinajstić information content (AvgIpc) is 3.05. The maximum Gasteiger partial charge on any atom is 0.291 e. The molecular weight excluding hydrogens is 304 g/mol. The van der Waals surface area contributed by atoms with Gasteiger partial charge in [0.25, 0.3) is 5.91 Å². The first-order valence-electron chi connectivity index (χ1n) is 7.80. The molecule has 0 unspecified atom stereocenters. The van der Waals surface area contributed by atoms with E-state index in [1.165, 1.54) is 6.26 Å². The summed E-state index contributed by atoms with van der Waals surface area (Å²) in [7, 11) is 1.74. The molecule has 6 nitrogen and oxygen atoms in total. The van der Waals surface area contributed by atoms with Gasteiger partial charge < -0.3 is 20.4 Å². The van der Waals surface area contributed by atoms with E-state index < -0.39 is 0 Å². The zero-order chi connectivity index (χ0) is 17.6. The van der Waals surface area contributed by atoms with Crippen molar-refractivity contribution >= 4 is 17.6 Å². The summed E-state index contributed by atoms with van der Waals surface area (Å²) in [6.45, 7) is 6.82. The molecule has 0 atom stereocenters. The fraction of sp³-hybridized carbons (Fsp3) is 0.333. The highest BCUT2D eigenvalue weighted by atomic mass is 16.3. The van der Waals surface area contributed by atoms with Crippen molar-refractivity contribution in [2.24, 2.45) is 4.99 Å². The number of aliphatic imine (C=N–C) groups is 1. The van der Waals surface area contributed by atoms with Crippen LogP contribution in [0.25, 0.3) is 0 Å². The highest BCUT2D eigenvalue weighted by Crippen LogP contribution is 2.12. The summed E-state index contributed by atoms with van der Waals surface area (Å²) >= 11 is 0. The summed E-state index contributed by atoms with van der Waals surface area (Å²) in [5, 5.41) is 9.37. The molecule has 24 heavy (non-hydrogen) atoms. The van der Waals surface area contributed by atoms with Crippen LogP contribution in [0.3, 0.4) is 0 Å². The first-order chi connectivity index (χ1) is 11.4. The van der Waals surface area contributed by atoms with Crippen molar-refractivity contribution in [3.05, 3.63) is 54.0 Å². The van der Waals surface area contributed by atoms with Gasteiger partial charge in [0.1, 0.15) is 0 Å². The second-order valence-electron chi connectivity index (χ2n) is 6.43. The van der Waals surface area contributed by atoms with Crippen LogP contribution < -0.4 is 16.0 Å². The van der Waals surface area contributed by atoms with Crippen LogP contribution in [-0.4, -0.2) is 24.5 Å². The predicted molar refractivity (Wildman–Crippen MR) is 96.2 cm³/mol. The van der Waals surface area contributed by atoms with Crippen molar-refractivity contribution in [3.63, 3.8) is 0 Å². The van der Waals surface area contributed by atoms with Gasteiger partial charge in [0.05, 0.1) is 6.26 Å². The number of carbonyl (C=O) groups is 1. The van der Waals surface area contributed by atoms with Gasteiger partial charge in [0, 0.05) is 24.8 Å². The molecule has 3 N–H and O–H groups in total. The van der Waals surface area contributed by atoms with E-state index in [-0.39, 0.29) is 17.2 Å². The molecule has 0 saturated heterocycles. The minimum atomic E-state index is -0.268. The molecule has 1 aromatic heterocycles. The molecule has 2 rings (SSSR count). The fourth-order valence-electron chi connectivity index (χ4n) is 2.08. The van der Waals surface area contributed by atoms with E-state index >= 15 is 0 Å². The summed E-state index contributed by atoms with van der Waals surface area (Å²) in [5.41, 5.74) is 1.68. The molecule has 6 heteroatoms. The van der Waals surface area contributed by atoms with Crippen molar-refractivity contribution in [1.82, 2.24) is 10.6 Å². The van der Waals surface area contributed by atoms with E-state index in [1.54, 1.807) is 19.2 Å². The standard InChI is InChI=1S/C18H24N4O2/c1-18(2,3)22-17(19-4)20-12-13-7-5-8-14(11-13)21-16(23)15-9-6-10-24-15/h5-11H,12H2,1-4H3,(H,21,23)(H2,19,20,22). The van der Waals surface area contributed by atoms with Crippen molar-refractivity contribution in [2.45, 2.75) is 32.9 Å². The van der Waals surface area contributed by atoms with Crippen LogP contribution in [0.15, 0.2) is 52.1 Å². The Bertz CT molecular complexity index is 700. The molecule has 0 bridgehead atoms. The Morgan fingerprint density at radius 2 is 2.00 bits per heavy atom. The Morgan fingerprint density at radius 3 is 2.62 bits per heavy atom. The van der Waals surface area contributed by atoms with Crippen LogP contribution >= 0.6 is 0 Å². The minimum absolute atomic E-state index is 0.0687. The maximum atomic E-state index is 12.0. The third-order valence-electron chi connectivity index (χ3n) is 3.11. The summed E-state index contributed by atoms with van der Waals surface area (Å²) < 4.78 is 5.09. The Kier molecular flexibility index (Phi) is 5.63. The molecule has 0 saturated carbocycles. The average molecular weight is 328 g/mol. The number of hydrogen-bond acceptors (Lipinski definition) is 3. The monoisotopic (exact) mass is 328 g/mol. The third kappa shape index (κ3) is 5.46. The molecule has 1 amide bonds. The van der Waals surface area contributed by atoms with Crippen LogP contribution in [0, 0.1) is 0 Å². The Hall–Kier alpha value is -2.76. The van der Waals surface area contributed by atoms with Crippen LogP contribution in [0.4, 0.5) is 5.69 Å². The molecule has 0 aliphatic rings. The second-order valence-corrected chi connectivity index (χ2v) is 6.43. The third-order valence-corrected chi connectivity index (χ3v) is 3.11. The lowest BCUT2D eigenvalue weighted by Crippen LogP contribution is -2.47. The first-order valence-corrected chi connectivity index (χ1v) is 7.80. The van der Waals surface area contributed by atoms with Gasteiger partial charge in [0.15, 0.2) is 11.7 Å². The Balaban J connectivity index is 1.96. The normalized spacial score (nSPS) is 11.9. The highest BCUT2D eigenvalue weighted by molar-refractivity contribution is 6.02. The number of nitrogens with one attached hydrogen (secondary N) is 3. The van der Waals surface area contributed by atoms with Gasteiger partial charge in [-0.15, -0.1) is 0 Å². The number of amides is 1. The maximum absolute atomic E-state index is 12.0. The predicted octanol–water partition coefficient (Wildman–Crippen LogP) is 3.00. The van der Waals surface area contributed by atoms with Crippen molar-refractivity contribution in [2.75, 3.05) is 12.4 Å². The fourth-order valence-corrected chi connectivity index (χ4v) is 2.08. The SMILES string of the molecule is CN=C(NCc1cccc(NC(=O)c2ccco2)c1)NC(C)(C)C. The molecule has 0 aliphatic carbocycles. The molecule has 0 spiro atoms. The van der Waals surface area contributed by atoms with E-state index in [1.807, 2.05) is 24.3 Å². The lowest BCUT2D eigenvalue weighted by atomic mass is 10.1. The number of nitrogens with zero attached hydrogens (tertiary/aromatic N) is 1. The van der Waals surface area contributed by atoms with E-state index in [9.17, 15) is 4.79 Å². The molecule has 1 heterocycles. The zero-order valence-corrected chi connectivity index (χ0v) is 14.5. The molecule has 0 fully saturated rings. The molecule has 2 aromatic rings. The Labute approximate surface area is 142 Å². The van der Waals surface area contributed by atoms with Gasteiger partial charge in [-0.05, 0) is 50.6 Å². The van der Waals surface area contributed by atoms with Crippen LogP contribution in [0.1, 0.15) is 36.9 Å². The topological polar surface area (TPSA) is 78.7 Å². The summed E-state index contributed by atoms with van der Waals surface area (Å²) in [6.07, 6.45) is 1.48. The molecule has 0 aliphatic heterocycles. The lowest BCUT2D eigenvalue weighted by molar-refractivity contribution is 0.0996. The smallest absolute Gasteiger partial charge is 0.291 e. The number of guanidine groups is 1. The number of benzene rings is 1. The first kappa shape index (κ1) is 17.6. The molecular formula is C18H24N4O2. The highest BCUT2D eigenvalue weighted by Gasteiger charge is 2.12. The number of anilines is 1. The van der Waals surface area contributed by atoms with Crippen molar-refractivity contribution < 1.29 is 9.21 Å². The molecule has 0 radical (unpaired) electrons. The van der Waals surface area contributed by atoms with Gasteiger partial charge in [0.2, 0.25) is 0 Å². The van der Waals surface area contributed by atoms with Gasteiger partial charge in [-0.2, -0.15) is 0 Å². The summed E-state index contributed by atoms with van der Waals surface area (Å²) in [4.78, 5) is 16.2. The summed E-state index contributed by atoms with van der Waals surface area (Å²) in [5.74, 6) is 0.746. The van der Waals surface area contributed by atoms with E-state index in [4.69, 9.17) is 4.42 Å². The van der Waals surface area contributed by atoms with Crippen LogP contribution in [-0.2, 0) is 6.54 Å². The van der Waals surface area contributed by atoms with Gasteiger partial charge in [-0.1, -0.05) is 12.1 Å². The van der Waals surface area contributed by atoms with E-state index in [2.05, 4.69) is 41.7 Å². The Morgan fingerprint density at radius 1 is 1.21 bits per heavy atom. The van der Waals surface area contributed by atoms with E-state index in [0.717, 1.165) is 17.2 Å². The molecule has 1 aromatic carbocycles. The number of hydrogen-bond donors (Lipinski definition) is 3. The van der Waals surface area contributed by atoms with Crippen LogP contribution in [0.2, 0.25) is 0 Å². The number of rotatable bonds is 4. The number of furan rings is 1. The van der Waals surface area contributed by atoms with Crippen LogP contribution in [0.5, 0.6) is 0 Å². The van der Waals surface area contributed by atoms with Gasteiger partial charge in [-0.3, -0.25) is 9.79 Å². The quantitative estimate of drug-likeness (QED) is 0.595. The number of carbonyl (C=O) groups excluding carboxylic acids is 1. The van der Waals surface area contributed by atoms with Crippen molar-refractivity contribution in [3.8, 4) is 0 Å². The largest absolute Gasteiger partial charge is 0.459 e. The lowest BCUT2D eigenvalue weighted by Gasteiger charge is -2.23. The van der Waals surface area contributed by atoms with Crippen molar-refractivity contribution in [1.29, 1.82) is 0 Å². The van der Waals surface area contributed by atoms with E-state index in [0.29, 0.717) is 6.54 Å². The minimum Gasteiger partial charge on any atom is -0.459 e. The zero-order valence-electron chi connectivity index (χ0n) is 14.5. The van der Waals surface area contributed by atoms with Gasteiger partial charge >= 0.3 is 0 Å². The van der Waals surface area contributed by atoms with Gasteiger partial charge in [-0.25, -0.2) is 0 Å².